The van der Waals surface area contributed by atoms with E-state index < -0.39 is 11.7 Å². The van der Waals surface area contributed by atoms with Crippen LogP contribution in [0.1, 0.15) is 23.6 Å². The van der Waals surface area contributed by atoms with Crippen molar-refractivity contribution in [3.05, 3.63) is 65.2 Å². The van der Waals surface area contributed by atoms with Gasteiger partial charge in [-0.1, -0.05) is 54.2 Å². The van der Waals surface area contributed by atoms with Gasteiger partial charge >= 0.3 is 6.18 Å². The van der Waals surface area contributed by atoms with Crippen molar-refractivity contribution in [2.45, 2.75) is 38.3 Å². The Kier molecular flexibility index (Phi) is 7.04. The van der Waals surface area contributed by atoms with Crippen LogP contribution in [0.2, 0.25) is 0 Å². The van der Waals surface area contributed by atoms with E-state index in [1.165, 1.54) is 41.9 Å². The maximum atomic E-state index is 13.2. The number of alkyl halides is 3. The van der Waals surface area contributed by atoms with Crippen LogP contribution in [0.25, 0.3) is 11.4 Å². The first-order chi connectivity index (χ1) is 14.7. The first kappa shape index (κ1) is 22.9. The van der Waals surface area contributed by atoms with Crippen LogP contribution in [0.5, 0.6) is 0 Å². The number of carbonyl (C=O) groups excluding carboxylic acids is 1. The number of amides is 1. The fourth-order valence-electron chi connectivity index (χ4n) is 3.22. The quantitative estimate of drug-likeness (QED) is 0.475. The van der Waals surface area contributed by atoms with Gasteiger partial charge in [-0.25, -0.2) is 0 Å². The van der Waals surface area contributed by atoms with Crippen LogP contribution in [0.15, 0.2) is 53.7 Å². The molecule has 3 aromatic rings. The molecule has 0 N–H and O–H groups in total. The van der Waals surface area contributed by atoms with Crippen molar-refractivity contribution in [1.29, 1.82) is 0 Å². The van der Waals surface area contributed by atoms with Gasteiger partial charge in [0, 0.05) is 25.7 Å². The third-order valence-electron chi connectivity index (χ3n) is 4.90. The molecule has 0 aliphatic heterocycles. The van der Waals surface area contributed by atoms with Gasteiger partial charge in [0.05, 0.1) is 11.3 Å². The predicted octanol–water partition coefficient (Wildman–Crippen LogP) is 5.04. The van der Waals surface area contributed by atoms with E-state index in [4.69, 9.17) is 0 Å². The van der Waals surface area contributed by atoms with Crippen LogP contribution in [0.3, 0.4) is 0 Å². The van der Waals surface area contributed by atoms with Gasteiger partial charge in [-0.05, 0) is 31.0 Å². The summed E-state index contributed by atoms with van der Waals surface area (Å²) in [5.41, 5.74) is 1.38. The van der Waals surface area contributed by atoms with E-state index in [1.54, 1.807) is 0 Å². The Morgan fingerprint density at radius 2 is 1.77 bits per heavy atom. The first-order valence-electron chi connectivity index (χ1n) is 9.73. The minimum absolute atomic E-state index is 0.0522. The van der Waals surface area contributed by atoms with E-state index in [9.17, 15) is 18.0 Å². The van der Waals surface area contributed by atoms with Gasteiger partial charge in [-0.15, -0.1) is 10.2 Å². The molecule has 0 spiro atoms. The topological polar surface area (TPSA) is 51.0 Å². The predicted molar refractivity (Wildman–Crippen MR) is 115 cm³/mol. The average Bonchev–Trinajstić information content (AvgIpc) is 3.14. The molecule has 1 amide bonds. The van der Waals surface area contributed by atoms with Crippen LogP contribution >= 0.6 is 11.8 Å². The van der Waals surface area contributed by atoms with E-state index >= 15 is 0 Å². The molecule has 2 aromatic carbocycles. The van der Waals surface area contributed by atoms with Crippen molar-refractivity contribution >= 4 is 17.7 Å². The monoisotopic (exact) mass is 448 g/mol. The summed E-state index contributed by atoms with van der Waals surface area (Å²) in [5, 5.41) is 9.11. The molecule has 0 aliphatic rings. The Bertz CT molecular complexity index is 1060. The highest BCUT2D eigenvalue weighted by Crippen LogP contribution is 2.32. The van der Waals surface area contributed by atoms with Crippen molar-refractivity contribution in [2.24, 2.45) is 0 Å². The van der Waals surface area contributed by atoms with E-state index in [0.717, 1.165) is 23.0 Å². The lowest BCUT2D eigenvalue weighted by Gasteiger charge is -2.20. The van der Waals surface area contributed by atoms with Crippen LogP contribution in [-0.2, 0) is 24.1 Å². The molecule has 0 atom stereocenters. The van der Waals surface area contributed by atoms with Gasteiger partial charge in [-0.2, -0.15) is 13.2 Å². The molecule has 0 unspecified atom stereocenters. The van der Waals surface area contributed by atoms with Gasteiger partial charge in [0.15, 0.2) is 11.0 Å². The first-order valence-corrected chi connectivity index (χ1v) is 10.7. The number of benzene rings is 2. The fourth-order valence-corrected chi connectivity index (χ4v) is 4.16. The normalized spacial score (nSPS) is 11.5. The Labute approximate surface area is 183 Å². The van der Waals surface area contributed by atoms with Crippen LogP contribution in [-0.4, -0.2) is 38.4 Å². The Hall–Kier alpha value is -2.81. The fraction of sp³-hybridized carbons (Fsp3) is 0.318. The van der Waals surface area contributed by atoms with E-state index in [1.807, 2.05) is 42.7 Å². The highest BCUT2D eigenvalue weighted by molar-refractivity contribution is 7.99. The zero-order chi connectivity index (χ0) is 22.6. The van der Waals surface area contributed by atoms with Crippen molar-refractivity contribution in [2.75, 3.05) is 12.8 Å². The number of nitrogens with zero attached hydrogens (tertiary/aromatic N) is 4. The maximum Gasteiger partial charge on any atom is 0.416 e. The Balaban J connectivity index is 1.70. The molecule has 31 heavy (non-hydrogen) atoms. The number of aromatic nitrogens is 3. The van der Waals surface area contributed by atoms with Gasteiger partial charge in [0.25, 0.3) is 0 Å². The number of carbonyl (C=O) groups is 1. The van der Waals surface area contributed by atoms with E-state index in [2.05, 4.69) is 10.2 Å². The van der Waals surface area contributed by atoms with Gasteiger partial charge in [0.1, 0.15) is 0 Å². The van der Waals surface area contributed by atoms with E-state index in [-0.39, 0.29) is 23.8 Å². The molecule has 9 heteroatoms. The molecule has 0 aliphatic carbocycles. The summed E-state index contributed by atoms with van der Waals surface area (Å²) in [5.74, 6) is 0.490. The zero-order valence-electron chi connectivity index (χ0n) is 17.5. The summed E-state index contributed by atoms with van der Waals surface area (Å²) in [6.45, 7) is 4.47. The average molecular weight is 449 g/mol. The molecular weight excluding hydrogens is 425 g/mol. The second-order valence-electron chi connectivity index (χ2n) is 7.06. The van der Waals surface area contributed by atoms with Gasteiger partial charge in [-0.3, -0.25) is 4.79 Å². The largest absolute Gasteiger partial charge is 0.416 e. The second-order valence-corrected chi connectivity index (χ2v) is 8.00. The minimum atomic E-state index is -4.46. The molecule has 0 bridgehead atoms. The second kappa shape index (κ2) is 9.55. The summed E-state index contributed by atoms with van der Waals surface area (Å²) >= 11 is 1.23. The molecular formula is C22H23F3N4OS. The third kappa shape index (κ3) is 5.28. The SMILES string of the molecule is CCn1c(SCC(=O)N(C)Cc2ccccc2C(F)(F)F)nnc1-c1ccccc1C. The summed E-state index contributed by atoms with van der Waals surface area (Å²) in [7, 11) is 1.50. The summed E-state index contributed by atoms with van der Waals surface area (Å²) < 4.78 is 41.5. The summed E-state index contributed by atoms with van der Waals surface area (Å²) in [4.78, 5) is 13.9. The third-order valence-corrected chi connectivity index (χ3v) is 5.85. The standard InChI is InChI=1S/C22H23F3N4OS/c1-4-29-20(17-11-7-5-9-15(17)2)26-27-21(29)31-14-19(30)28(3)13-16-10-6-8-12-18(16)22(23,24)25/h5-12H,4,13-14H2,1-3H3. The summed E-state index contributed by atoms with van der Waals surface area (Å²) in [6, 6.07) is 13.1. The number of thioether (sulfide) groups is 1. The van der Waals surface area contributed by atoms with E-state index in [0.29, 0.717) is 11.7 Å². The number of rotatable bonds is 7. The number of halogens is 3. The zero-order valence-corrected chi connectivity index (χ0v) is 18.3. The van der Waals surface area contributed by atoms with Crippen LogP contribution in [0, 0.1) is 6.92 Å². The van der Waals surface area contributed by atoms with Crippen molar-refractivity contribution in [1.82, 2.24) is 19.7 Å². The maximum absolute atomic E-state index is 13.2. The molecule has 5 nitrogen and oxygen atoms in total. The minimum Gasteiger partial charge on any atom is -0.341 e. The molecule has 1 aromatic heterocycles. The lowest BCUT2D eigenvalue weighted by molar-refractivity contribution is -0.139. The molecule has 0 saturated carbocycles. The molecule has 0 radical (unpaired) electrons. The number of aryl methyl sites for hydroxylation is 1. The Morgan fingerprint density at radius 3 is 2.45 bits per heavy atom. The molecule has 0 fully saturated rings. The highest BCUT2D eigenvalue weighted by atomic mass is 32.2. The summed E-state index contributed by atoms with van der Waals surface area (Å²) in [6.07, 6.45) is -4.46. The molecule has 3 rings (SSSR count). The molecule has 0 saturated heterocycles. The number of hydrogen-bond acceptors (Lipinski definition) is 4. The lowest BCUT2D eigenvalue weighted by atomic mass is 10.1. The van der Waals surface area contributed by atoms with Crippen molar-refractivity contribution in [3.8, 4) is 11.4 Å². The van der Waals surface area contributed by atoms with Gasteiger partial charge < -0.3 is 9.47 Å². The highest BCUT2D eigenvalue weighted by Gasteiger charge is 2.33. The smallest absolute Gasteiger partial charge is 0.341 e. The molecule has 164 valence electrons. The van der Waals surface area contributed by atoms with Gasteiger partial charge in [0.2, 0.25) is 5.91 Å². The number of hydrogen-bond donors (Lipinski definition) is 0. The van der Waals surface area contributed by atoms with Crippen molar-refractivity contribution in [3.63, 3.8) is 0 Å². The van der Waals surface area contributed by atoms with Crippen molar-refractivity contribution < 1.29 is 18.0 Å². The Morgan fingerprint density at radius 1 is 1.10 bits per heavy atom. The van der Waals surface area contributed by atoms with Crippen LogP contribution < -0.4 is 0 Å². The van der Waals surface area contributed by atoms with Crippen LogP contribution in [0.4, 0.5) is 13.2 Å². The molecule has 1 heterocycles. The lowest BCUT2D eigenvalue weighted by Crippen LogP contribution is -2.29.